The Balaban J connectivity index is 1.43. The molecule has 0 radical (unpaired) electrons. The van der Waals surface area contributed by atoms with Crippen molar-refractivity contribution in [3.8, 4) is 0 Å². The molecule has 4 aromatic rings. The molecule has 2 aliphatic heterocycles. The minimum Gasteiger partial charge on any atom is -0.422 e. The van der Waals surface area contributed by atoms with Gasteiger partial charge >= 0.3 is 5.63 Å². The number of rotatable bonds is 7. The van der Waals surface area contributed by atoms with E-state index in [1.807, 2.05) is 43.5 Å². The fraction of sp³-hybridized carbons (Fsp3) is 0.459. The molecule has 2 saturated heterocycles. The van der Waals surface area contributed by atoms with Gasteiger partial charge in [0.1, 0.15) is 18.4 Å². The van der Waals surface area contributed by atoms with Crippen molar-refractivity contribution < 1.29 is 13.4 Å². The van der Waals surface area contributed by atoms with Crippen LogP contribution in [0.1, 0.15) is 37.9 Å². The van der Waals surface area contributed by atoms with Gasteiger partial charge in [-0.15, -0.1) is 0 Å². The van der Waals surface area contributed by atoms with Gasteiger partial charge in [-0.1, -0.05) is 0 Å². The molecule has 0 atom stereocenters. The molecule has 0 unspecified atom stereocenters. The predicted molar refractivity (Wildman–Crippen MR) is 189 cm³/mol. The van der Waals surface area contributed by atoms with Crippen LogP contribution in [-0.2, 0) is 7.05 Å². The zero-order valence-electron chi connectivity index (χ0n) is 28.1. The number of hydrogen-bond donors (Lipinski definition) is 0. The fourth-order valence-electron chi connectivity index (χ4n) is 6.92. The summed E-state index contributed by atoms with van der Waals surface area (Å²) in [5.74, 6) is -0.175. The molecule has 2 aromatic carbocycles. The van der Waals surface area contributed by atoms with E-state index in [0.717, 1.165) is 112 Å². The Kier molecular flexibility index (Phi) is 9.61. The number of aromatic nitrogens is 1. The summed E-state index contributed by atoms with van der Waals surface area (Å²) in [4.78, 5) is 24.6. The number of likely N-dealkylation sites (N-methyl/N-ethyl adjacent to an activating group) is 2. The molecule has 2 aliphatic rings. The highest BCUT2D eigenvalue weighted by Crippen LogP contribution is 2.33. The molecule has 8 nitrogen and oxygen atoms in total. The van der Waals surface area contributed by atoms with Gasteiger partial charge in [0.2, 0.25) is 11.2 Å². The Bertz CT molecular complexity index is 1800. The number of halogens is 1. The van der Waals surface area contributed by atoms with E-state index in [1.54, 1.807) is 6.07 Å². The van der Waals surface area contributed by atoms with E-state index in [4.69, 9.17) is 4.42 Å². The normalized spacial score (nSPS) is 17.3. The Morgan fingerprint density at radius 3 is 2.17 bits per heavy atom. The summed E-state index contributed by atoms with van der Waals surface area (Å²) in [7, 11) is 6.31. The van der Waals surface area contributed by atoms with Gasteiger partial charge in [-0.25, -0.2) is 9.18 Å². The van der Waals surface area contributed by atoms with E-state index < -0.39 is 0 Å². The van der Waals surface area contributed by atoms with Crippen molar-refractivity contribution in [3.05, 3.63) is 70.0 Å². The third kappa shape index (κ3) is 6.62. The van der Waals surface area contributed by atoms with Crippen molar-refractivity contribution in [2.45, 2.75) is 26.7 Å². The second-order valence-electron chi connectivity index (χ2n) is 12.8. The largest absolute Gasteiger partial charge is 0.422 e. The number of anilines is 3. The van der Waals surface area contributed by atoms with Gasteiger partial charge in [-0.05, 0) is 84.2 Å². The molecule has 0 saturated carbocycles. The summed E-state index contributed by atoms with van der Waals surface area (Å²) in [6.45, 7) is 13.3. The topological polar surface area (TPSA) is 50.3 Å². The van der Waals surface area contributed by atoms with Crippen molar-refractivity contribution in [2.75, 3.05) is 94.2 Å². The number of pyridine rings is 1. The van der Waals surface area contributed by atoms with Crippen LogP contribution in [0.4, 0.5) is 21.5 Å². The second-order valence-corrected chi connectivity index (χ2v) is 12.8. The highest BCUT2D eigenvalue weighted by Gasteiger charge is 2.25. The minimum atomic E-state index is -0.366. The van der Waals surface area contributed by atoms with Crippen molar-refractivity contribution in [1.29, 1.82) is 0 Å². The maximum absolute atomic E-state index is 16.0. The average Bonchev–Trinajstić information content (AvgIpc) is 3.40. The molecular weight excluding hydrogens is 579 g/mol. The molecule has 0 N–H and O–H groups in total. The van der Waals surface area contributed by atoms with E-state index in [9.17, 15) is 4.79 Å². The summed E-state index contributed by atoms with van der Waals surface area (Å²) in [6.07, 6.45) is 5.87. The summed E-state index contributed by atoms with van der Waals surface area (Å²) in [5, 5.41) is 1.79. The minimum absolute atomic E-state index is 0.175. The first-order chi connectivity index (χ1) is 22.2. The van der Waals surface area contributed by atoms with E-state index >= 15 is 4.39 Å². The van der Waals surface area contributed by atoms with E-state index in [2.05, 4.69) is 69.1 Å². The molecule has 0 bridgehead atoms. The monoisotopic (exact) mass is 627 g/mol. The SMILES string of the molecule is CCN(CC)c1ccc2cc(/C=C/c3cc(N4CCCN(C)CC4)c4cc(F)c(N5CCCN(C)CC5)cc4[n+]3C)c(=O)oc2c1. The van der Waals surface area contributed by atoms with Crippen LogP contribution < -0.4 is 24.9 Å². The molecule has 0 amide bonds. The lowest BCUT2D eigenvalue weighted by molar-refractivity contribution is -0.646. The van der Waals surface area contributed by atoms with E-state index in [-0.39, 0.29) is 11.4 Å². The lowest BCUT2D eigenvalue weighted by Gasteiger charge is -2.26. The third-order valence-corrected chi connectivity index (χ3v) is 9.80. The van der Waals surface area contributed by atoms with Crippen LogP contribution in [0.25, 0.3) is 34.0 Å². The fourth-order valence-corrected chi connectivity index (χ4v) is 6.92. The van der Waals surface area contributed by atoms with Gasteiger partial charge < -0.3 is 28.9 Å². The summed E-state index contributed by atoms with van der Waals surface area (Å²) in [5.41, 5.74) is 5.35. The first-order valence-electron chi connectivity index (χ1n) is 16.8. The zero-order valence-corrected chi connectivity index (χ0v) is 28.1. The van der Waals surface area contributed by atoms with Crippen molar-refractivity contribution in [2.24, 2.45) is 7.05 Å². The molecule has 0 aliphatic carbocycles. The number of aryl methyl sites for hydroxylation is 1. The molecule has 0 spiro atoms. The lowest BCUT2D eigenvalue weighted by Crippen LogP contribution is -2.36. The van der Waals surface area contributed by atoms with Crippen LogP contribution in [0.2, 0.25) is 0 Å². The van der Waals surface area contributed by atoms with Gasteiger partial charge in [-0.2, -0.15) is 4.57 Å². The number of nitrogens with zero attached hydrogens (tertiary/aromatic N) is 6. The number of benzene rings is 2. The van der Waals surface area contributed by atoms with Crippen LogP contribution in [0.15, 0.2) is 51.7 Å². The number of hydrogen-bond acceptors (Lipinski definition) is 7. The molecule has 6 rings (SSSR count). The van der Waals surface area contributed by atoms with Crippen molar-refractivity contribution in [3.63, 3.8) is 0 Å². The van der Waals surface area contributed by atoms with Crippen LogP contribution in [0.5, 0.6) is 0 Å². The molecule has 9 heteroatoms. The molecule has 244 valence electrons. The molecule has 2 aromatic heterocycles. The van der Waals surface area contributed by atoms with Crippen molar-refractivity contribution >= 4 is 51.1 Å². The lowest BCUT2D eigenvalue weighted by atomic mass is 10.1. The summed E-state index contributed by atoms with van der Waals surface area (Å²) in [6, 6.07) is 13.9. The van der Waals surface area contributed by atoms with E-state index in [0.29, 0.717) is 16.8 Å². The van der Waals surface area contributed by atoms with Gasteiger partial charge in [0.05, 0.1) is 22.3 Å². The standard InChI is InChI=1S/C37H48FN6O2/c1-6-42(7-2)30-13-10-27-22-28(37(45)46-36(27)24-30)11-12-29-23-34(43-16-8-14-39(3)18-20-43)31-25-32(38)35(26-33(31)41(29)5)44-17-9-15-40(4)19-21-44/h10-13,22-26H,6-9,14-21H2,1-5H3/q+1. The zero-order chi connectivity index (χ0) is 32.4. The summed E-state index contributed by atoms with van der Waals surface area (Å²) >= 11 is 0. The van der Waals surface area contributed by atoms with E-state index in [1.165, 1.54) is 0 Å². The predicted octanol–water partition coefficient (Wildman–Crippen LogP) is 5.21. The molecule has 4 heterocycles. The smallest absolute Gasteiger partial charge is 0.343 e. The van der Waals surface area contributed by atoms with Gasteiger partial charge in [0, 0.05) is 87.7 Å². The molecule has 46 heavy (non-hydrogen) atoms. The summed E-state index contributed by atoms with van der Waals surface area (Å²) < 4.78 is 23.9. The maximum atomic E-state index is 16.0. The molecule has 2 fully saturated rings. The van der Waals surface area contributed by atoms with Crippen molar-refractivity contribution in [1.82, 2.24) is 9.80 Å². The highest BCUT2D eigenvalue weighted by molar-refractivity contribution is 5.93. The third-order valence-electron chi connectivity index (χ3n) is 9.80. The Labute approximate surface area is 271 Å². The number of fused-ring (bicyclic) bond motifs is 2. The van der Waals surface area contributed by atoms with Crippen LogP contribution in [-0.4, -0.2) is 89.3 Å². The Hall–Kier alpha value is -3.95. The average molecular weight is 628 g/mol. The van der Waals surface area contributed by atoms with Gasteiger partial charge in [-0.3, -0.25) is 0 Å². The first kappa shape index (κ1) is 32.0. The van der Waals surface area contributed by atoms with Crippen LogP contribution >= 0.6 is 0 Å². The van der Waals surface area contributed by atoms with Crippen LogP contribution in [0, 0.1) is 5.82 Å². The van der Waals surface area contributed by atoms with Crippen LogP contribution in [0.3, 0.4) is 0 Å². The Morgan fingerprint density at radius 1 is 0.826 bits per heavy atom. The first-order valence-corrected chi connectivity index (χ1v) is 16.8. The van der Waals surface area contributed by atoms with Gasteiger partial charge in [0.25, 0.3) is 0 Å². The molecular formula is C37H48FN6O2+. The second kappa shape index (κ2) is 13.8. The van der Waals surface area contributed by atoms with Gasteiger partial charge in [0.15, 0.2) is 0 Å². The quantitative estimate of drug-likeness (QED) is 0.206. The maximum Gasteiger partial charge on any atom is 0.343 e. The highest BCUT2D eigenvalue weighted by atomic mass is 19.1. The Morgan fingerprint density at radius 2 is 1.50 bits per heavy atom.